The fourth-order valence-electron chi connectivity index (χ4n) is 1.67. The van der Waals surface area contributed by atoms with E-state index in [1.165, 1.54) is 24.3 Å². The number of ether oxygens (including phenoxy) is 1. The average molecular weight is 299 g/mol. The maximum Gasteiger partial charge on any atom is 0.387 e. The maximum atomic E-state index is 13.5. The number of nitrogens with one attached hydrogen (secondary N) is 1. The Morgan fingerprint density at radius 1 is 1.00 bits per heavy atom. The molecule has 2 aromatic carbocycles. The topological polar surface area (TPSA) is 38.3 Å². The number of hydrogen-bond donors (Lipinski definition) is 1. The zero-order valence-electron chi connectivity index (χ0n) is 10.4. The SMILES string of the molecule is O=C(Nc1ccccc1OC(F)F)c1c(F)cccc1F. The molecule has 0 atom stereocenters. The van der Waals surface area contributed by atoms with Gasteiger partial charge in [-0.05, 0) is 24.3 Å². The predicted octanol–water partition coefficient (Wildman–Crippen LogP) is 3.82. The van der Waals surface area contributed by atoms with Crippen molar-refractivity contribution in [1.29, 1.82) is 0 Å². The van der Waals surface area contributed by atoms with E-state index in [9.17, 15) is 22.4 Å². The normalized spacial score (nSPS) is 10.5. The van der Waals surface area contributed by atoms with Crippen molar-refractivity contribution in [3.8, 4) is 5.75 Å². The average Bonchev–Trinajstić information content (AvgIpc) is 2.40. The van der Waals surface area contributed by atoms with E-state index in [1.54, 1.807) is 0 Å². The molecular weight excluding hydrogens is 290 g/mol. The smallest absolute Gasteiger partial charge is 0.387 e. The molecule has 0 bridgehead atoms. The molecule has 0 saturated carbocycles. The summed E-state index contributed by atoms with van der Waals surface area (Å²) in [6.45, 7) is -3.09. The van der Waals surface area contributed by atoms with Crippen molar-refractivity contribution in [1.82, 2.24) is 0 Å². The molecule has 0 heterocycles. The van der Waals surface area contributed by atoms with E-state index in [0.717, 1.165) is 18.2 Å². The van der Waals surface area contributed by atoms with Crippen molar-refractivity contribution in [3.63, 3.8) is 0 Å². The van der Waals surface area contributed by atoms with E-state index in [4.69, 9.17) is 0 Å². The first-order chi connectivity index (χ1) is 9.99. The Bertz CT molecular complexity index is 641. The third-order valence-corrected chi connectivity index (χ3v) is 2.54. The van der Waals surface area contributed by atoms with Crippen LogP contribution in [0.3, 0.4) is 0 Å². The van der Waals surface area contributed by atoms with Crippen LogP contribution >= 0.6 is 0 Å². The summed E-state index contributed by atoms with van der Waals surface area (Å²) in [5.74, 6) is -3.52. The Morgan fingerprint density at radius 3 is 2.24 bits per heavy atom. The van der Waals surface area contributed by atoms with Gasteiger partial charge in [0.15, 0.2) is 0 Å². The largest absolute Gasteiger partial charge is 0.433 e. The van der Waals surface area contributed by atoms with Crippen molar-refractivity contribution in [2.75, 3.05) is 5.32 Å². The quantitative estimate of drug-likeness (QED) is 0.872. The van der Waals surface area contributed by atoms with Gasteiger partial charge in [-0.2, -0.15) is 8.78 Å². The van der Waals surface area contributed by atoms with Crippen LogP contribution in [0.1, 0.15) is 10.4 Å². The second-order valence-electron chi connectivity index (χ2n) is 3.93. The lowest BCUT2D eigenvalue weighted by Crippen LogP contribution is -2.17. The fourth-order valence-corrected chi connectivity index (χ4v) is 1.67. The fraction of sp³-hybridized carbons (Fsp3) is 0.0714. The standard InChI is InChI=1S/C14H9F4NO2/c15-8-4-3-5-9(16)12(8)13(20)19-10-6-1-2-7-11(10)21-14(17)18/h1-7,14H,(H,19,20). The van der Waals surface area contributed by atoms with Crippen molar-refractivity contribution in [2.24, 2.45) is 0 Å². The van der Waals surface area contributed by atoms with Crippen LogP contribution in [-0.4, -0.2) is 12.5 Å². The Morgan fingerprint density at radius 2 is 1.62 bits per heavy atom. The van der Waals surface area contributed by atoms with Gasteiger partial charge in [-0.3, -0.25) is 4.79 Å². The molecule has 7 heteroatoms. The van der Waals surface area contributed by atoms with Gasteiger partial charge in [0.05, 0.1) is 5.69 Å². The molecule has 0 aliphatic rings. The molecule has 1 N–H and O–H groups in total. The molecule has 2 aromatic rings. The van der Waals surface area contributed by atoms with E-state index in [1.807, 2.05) is 0 Å². The predicted molar refractivity (Wildman–Crippen MR) is 67.4 cm³/mol. The van der Waals surface area contributed by atoms with Crippen molar-refractivity contribution in [3.05, 3.63) is 59.7 Å². The molecule has 0 unspecified atom stereocenters. The Labute approximate surface area is 117 Å². The van der Waals surface area contributed by atoms with Crippen LogP contribution in [0.25, 0.3) is 0 Å². The first kappa shape index (κ1) is 14.8. The summed E-state index contributed by atoms with van der Waals surface area (Å²) in [7, 11) is 0. The van der Waals surface area contributed by atoms with Crippen LogP contribution in [0.4, 0.5) is 23.2 Å². The second-order valence-corrected chi connectivity index (χ2v) is 3.93. The van der Waals surface area contributed by atoms with Gasteiger partial charge in [0.25, 0.3) is 5.91 Å². The van der Waals surface area contributed by atoms with E-state index in [0.29, 0.717) is 0 Å². The van der Waals surface area contributed by atoms with Crippen LogP contribution < -0.4 is 10.1 Å². The van der Waals surface area contributed by atoms with Gasteiger partial charge < -0.3 is 10.1 Å². The number of rotatable bonds is 4. The van der Waals surface area contributed by atoms with Gasteiger partial charge in [0.2, 0.25) is 0 Å². The summed E-state index contributed by atoms with van der Waals surface area (Å²) in [6.07, 6.45) is 0. The number of benzene rings is 2. The highest BCUT2D eigenvalue weighted by atomic mass is 19.3. The molecule has 0 radical (unpaired) electrons. The number of alkyl halides is 2. The van der Waals surface area contributed by atoms with E-state index < -0.39 is 29.7 Å². The molecular formula is C14H9F4NO2. The van der Waals surface area contributed by atoms with Crippen LogP contribution in [0, 0.1) is 11.6 Å². The Kier molecular flexibility index (Phi) is 4.42. The molecule has 0 saturated heterocycles. The Hall–Kier alpha value is -2.57. The van der Waals surface area contributed by atoms with Crippen LogP contribution in [-0.2, 0) is 0 Å². The lowest BCUT2D eigenvalue weighted by atomic mass is 10.1. The first-order valence-electron chi connectivity index (χ1n) is 5.78. The third-order valence-electron chi connectivity index (χ3n) is 2.54. The van der Waals surface area contributed by atoms with Crippen LogP contribution in [0.5, 0.6) is 5.75 Å². The minimum absolute atomic E-state index is 0.120. The number of para-hydroxylation sites is 2. The highest BCUT2D eigenvalue weighted by Crippen LogP contribution is 2.26. The summed E-state index contributed by atoms with van der Waals surface area (Å²) in [6, 6.07) is 8.27. The molecule has 0 aromatic heterocycles. The van der Waals surface area contributed by atoms with Crippen LogP contribution in [0.15, 0.2) is 42.5 Å². The van der Waals surface area contributed by atoms with Gasteiger partial charge in [-0.15, -0.1) is 0 Å². The molecule has 3 nitrogen and oxygen atoms in total. The summed E-state index contributed by atoms with van der Waals surface area (Å²) in [5.41, 5.74) is -0.921. The number of halogens is 4. The lowest BCUT2D eigenvalue weighted by Gasteiger charge is -2.12. The van der Waals surface area contributed by atoms with E-state index in [-0.39, 0.29) is 11.4 Å². The maximum absolute atomic E-state index is 13.5. The second kappa shape index (κ2) is 6.25. The number of anilines is 1. The number of carbonyl (C=O) groups excluding carboxylic acids is 1. The lowest BCUT2D eigenvalue weighted by molar-refractivity contribution is -0.0493. The van der Waals surface area contributed by atoms with Crippen LogP contribution in [0.2, 0.25) is 0 Å². The minimum Gasteiger partial charge on any atom is -0.433 e. The molecule has 21 heavy (non-hydrogen) atoms. The Balaban J connectivity index is 2.28. The molecule has 0 fully saturated rings. The highest BCUT2D eigenvalue weighted by Gasteiger charge is 2.19. The van der Waals surface area contributed by atoms with Crippen molar-refractivity contribution in [2.45, 2.75) is 6.61 Å². The molecule has 110 valence electrons. The first-order valence-corrected chi connectivity index (χ1v) is 5.78. The highest BCUT2D eigenvalue weighted by molar-refractivity contribution is 6.05. The number of carbonyl (C=O) groups is 1. The summed E-state index contributed by atoms with van der Waals surface area (Å²) in [5, 5.41) is 2.14. The molecule has 2 rings (SSSR count). The molecule has 0 aliphatic carbocycles. The number of amides is 1. The molecule has 0 spiro atoms. The zero-order chi connectivity index (χ0) is 15.4. The van der Waals surface area contributed by atoms with Gasteiger partial charge in [-0.1, -0.05) is 18.2 Å². The summed E-state index contributed by atoms with van der Waals surface area (Å²) < 4.78 is 55.6. The zero-order valence-corrected chi connectivity index (χ0v) is 10.4. The number of hydrogen-bond acceptors (Lipinski definition) is 2. The van der Waals surface area contributed by atoms with E-state index >= 15 is 0 Å². The van der Waals surface area contributed by atoms with Gasteiger partial charge in [0, 0.05) is 0 Å². The molecule has 1 amide bonds. The minimum atomic E-state index is -3.09. The molecule has 0 aliphatic heterocycles. The summed E-state index contributed by atoms with van der Waals surface area (Å²) in [4.78, 5) is 11.9. The monoisotopic (exact) mass is 299 g/mol. The summed E-state index contributed by atoms with van der Waals surface area (Å²) >= 11 is 0. The van der Waals surface area contributed by atoms with E-state index in [2.05, 4.69) is 10.1 Å². The van der Waals surface area contributed by atoms with Gasteiger partial charge in [-0.25, -0.2) is 8.78 Å². The van der Waals surface area contributed by atoms with Gasteiger partial charge in [0.1, 0.15) is 22.9 Å². The third kappa shape index (κ3) is 3.50. The van der Waals surface area contributed by atoms with Gasteiger partial charge >= 0.3 is 6.61 Å². The van der Waals surface area contributed by atoms with Crippen molar-refractivity contribution < 1.29 is 27.1 Å². The van der Waals surface area contributed by atoms with Crippen molar-refractivity contribution >= 4 is 11.6 Å².